The number of anilines is 2. The number of nitrogens with one attached hydrogen (secondary N) is 1. The predicted octanol–water partition coefficient (Wildman–Crippen LogP) is 6.39. The molecule has 0 fully saturated rings. The molecule has 1 N–H and O–H groups in total. The highest BCUT2D eigenvalue weighted by molar-refractivity contribution is 5.68. The topological polar surface area (TPSA) is 12.0 Å². The van der Waals surface area contributed by atoms with Crippen LogP contribution in [0.3, 0.4) is 0 Å². The third-order valence-electron chi connectivity index (χ3n) is 4.03. The summed E-state index contributed by atoms with van der Waals surface area (Å²) in [7, 11) is 0. The fourth-order valence-electron chi connectivity index (χ4n) is 2.60. The molecule has 0 aromatic heterocycles. The maximum absolute atomic E-state index is 3.41. The Labute approximate surface area is 139 Å². The molecule has 23 heavy (non-hydrogen) atoms. The molecule has 1 nitrogen and oxygen atoms in total. The highest BCUT2D eigenvalue weighted by atomic mass is 14.9. The van der Waals surface area contributed by atoms with Gasteiger partial charge in [0, 0.05) is 11.4 Å². The second-order valence-corrected chi connectivity index (χ2v) is 6.90. The van der Waals surface area contributed by atoms with Crippen LogP contribution in [0.5, 0.6) is 0 Å². The summed E-state index contributed by atoms with van der Waals surface area (Å²) >= 11 is 0. The highest BCUT2D eigenvalue weighted by Gasteiger charge is 2.12. The van der Waals surface area contributed by atoms with E-state index in [4.69, 9.17) is 0 Å². The van der Waals surface area contributed by atoms with Crippen molar-refractivity contribution in [2.75, 3.05) is 5.32 Å². The summed E-state index contributed by atoms with van der Waals surface area (Å²) in [5.74, 6) is 0. The molecule has 0 saturated carbocycles. The first-order valence-corrected chi connectivity index (χ1v) is 8.05. The first kappa shape index (κ1) is 15.4. The molecule has 116 valence electrons. The van der Waals surface area contributed by atoms with Crippen LogP contribution in [0.2, 0.25) is 0 Å². The Balaban J connectivity index is 1.77. The number of rotatable bonds is 3. The van der Waals surface area contributed by atoms with Gasteiger partial charge in [0.1, 0.15) is 0 Å². The lowest BCUT2D eigenvalue weighted by molar-refractivity contribution is 0.590. The molecule has 0 bridgehead atoms. The van der Waals surface area contributed by atoms with Gasteiger partial charge >= 0.3 is 0 Å². The Bertz CT molecular complexity index is 748. The van der Waals surface area contributed by atoms with Gasteiger partial charge in [0.25, 0.3) is 0 Å². The SMILES string of the molecule is CC(C)(C)c1ccc(-c2ccc(Nc3ccccc3)cc2)cc1. The van der Waals surface area contributed by atoms with E-state index in [9.17, 15) is 0 Å². The van der Waals surface area contributed by atoms with E-state index in [2.05, 4.69) is 86.8 Å². The standard InChI is InChI=1S/C22H23N/c1-22(2,3)19-13-9-17(10-14-19)18-11-15-21(16-12-18)23-20-7-5-4-6-8-20/h4-16,23H,1-3H3. The predicted molar refractivity (Wildman–Crippen MR) is 100 cm³/mol. The molecule has 3 aromatic carbocycles. The van der Waals surface area contributed by atoms with Crippen molar-refractivity contribution >= 4 is 11.4 Å². The summed E-state index contributed by atoms with van der Waals surface area (Å²) in [4.78, 5) is 0. The maximum Gasteiger partial charge on any atom is 0.0384 e. The van der Waals surface area contributed by atoms with Gasteiger partial charge in [0.2, 0.25) is 0 Å². The zero-order valence-corrected chi connectivity index (χ0v) is 14.0. The lowest BCUT2D eigenvalue weighted by Crippen LogP contribution is -2.10. The molecule has 0 heterocycles. The molecule has 0 radical (unpaired) electrons. The van der Waals surface area contributed by atoms with Gasteiger partial charge in [0.15, 0.2) is 0 Å². The van der Waals surface area contributed by atoms with E-state index in [1.807, 2.05) is 18.2 Å². The van der Waals surface area contributed by atoms with Gasteiger partial charge in [-0.15, -0.1) is 0 Å². The largest absolute Gasteiger partial charge is 0.356 e. The summed E-state index contributed by atoms with van der Waals surface area (Å²) in [5, 5.41) is 3.41. The van der Waals surface area contributed by atoms with Crippen LogP contribution in [0.25, 0.3) is 11.1 Å². The molecule has 0 aliphatic carbocycles. The lowest BCUT2D eigenvalue weighted by Gasteiger charge is -2.19. The number of hydrogen-bond donors (Lipinski definition) is 1. The van der Waals surface area contributed by atoms with Gasteiger partial charge < -0.3 is 5.32 Å². The van der Waals surface area contributed by atoms with E-state index in [1.54, 1.807) is 0 Å². The van der Waals surface area contributed by atoms with Crippen molar-refractivity contribution in [3.05, 3.63) is 84.4 Å². The quantitative estimate of drug-likeness (QED) is 0.590. The van der Waals surface area contributed by atoms with E-state index < -0.39 is 0 Å². The molecule has 0 unspecified atom stereocenters. The highest BCUT2D eigenvalue weighted by Crippen LogP contribution is 2.27. The van der Waals surface area contributed by atoms with Gasteiger partial charge in [-0.25, -0.2) is 0 Å². The summed E-state index contributed by atoms with van der Waals surface area (Å²) in [6.45, 7) is 6.73. The van der Waals surface area contributed by atoms with Gasteiger partial charge in [-0.05, 0) is 46.4 Å². The van der Waals surface area contributed by atoms with Crippen LogP contribution < -0.4 is 5.32 Å². The van der Waals surface area contributed by atoms with Crippen LogP contribution >= 0.6 is 0 Å². The van der Waals surface area contributed by atoms with E-state index in [1.165, 1.54) is 16.7 Å². The molecule has 0 spiro atoms. The normalized spacial score (nSPS) is 11.3. The zero-order valence-electron chi connectivity index (χ0n) is 14.0. The van der Waals surface area contributed by atoms with Crippen molar-refractivity contribution in [2.45, 2.75) is 26.2 Å². The van der Waals surface area contributed by atoms with Crippen LogP contribution in [0, 0.1) is 0 Å². The molecular formula is C22H23N. The molecule has 0 saturated heterocycles. The Morgan fingerprint density at radius 2 is 1.04 bits per heavy atom. The van der Waals surface area contributed by atoms with E-state index in [0.717, 1.165) is 11.4 Å². The van der Waals surface area contributed by atoms with E-state index >= 15 is 0 Å². The van der Waals surface area contributed by atoms with Crippen molar-refractivity contribution in [3.8, 4) is 11.1 Å². The minimum Gasteiger partial charge on any atom is -0.356 e. The molecule has 0 aliphatic rings. The monoisotopic (exact) mass is 301 g/mol. The minimum atomic E-state index is 0.196. The summed E-state index contributed by atoms with van der Waals surface area (Å²) in [5.41, 5.74) is 6.26. The van der Waals surface area contributed by atoms with Crippen LogP contribution in [0.15, 0.2) is 78.9 Å². The first-order valence-electron chi connectivity index (χ1n) is 8.05. The van der Waals surface area contributed by atoms with Crippen molar-refractivity contribution < 1.29 is 0 Å². The van der Waals surface area contributed by atoms with Crippen LogP contribution in [-0.4, -0.2) is 0 Å². The number of hydrogen-bond acceptors (Lipinski definition) is 1. The second-order valence-electron chi connectivity index (χ2n) is 6.90. The summed E-state index contributed by atoms with van der Waals surface area (Å²) in [6.07, 6.45) is 0. The van der Waals surface area contributed by atoms with Crippen LogP contribution in [-0.2, 0) is 5.41 Å². The third kappa shape index (κ3) is 3.81. The average Bonchev–Trinajstić information content (AvgIpc) is 2.56. The van der Waals surface area contributed by atoms with Gasteiger partial charge in [-0.1, -0.05) is 75.4 Å². The zero-order chi connectivity index (χ0) is 16.3. The maximum atomic E-state index is 3.41. The molecule has 3 rings (SSSR count). The van der Waals surface area contributed by atoms with E-state index in [-0.39, 0.29) is 5.41 Å². The third-order valence-corrected chi connectivity index (χ3v) is 4.03. The Hall–Kier alpha value is -2.54. The molecule has 0 amide bonds. The Kier molecular flexibility index (Phi) is 4.20. The van der Waals surface area contributed by atoms with Crippen molar-refractivity contribution in [3.63, 3.8) is 0 Å². The van der Waals surface area contributed by atoms with Gasteiger partial charge in [-0.2, -0.15) is 0 Å². The smallest absolute Gasteiger partial charge is 0.0384 e. The lowest BCUT2D eigenvalue weighted by atomic mass is 9.86. The molecule has 3 aromatic rings. The Morgan fingerprint density at radius 1 is 0.565 bits per heavy atom. The fourth-order valence-corrected chi connectivity index (χ4v) is 2.60. The van der Waals surface area contributed by atoms with Gasteiger partial charge in [-0.3, -0.25) is 0 Å². The number of benzene rings is 3. The van der Waals surface area contributed by atoms with E-state index in [0.29, 0.717) is 0 Å². The Morgan fingerprint density at radius 3 is 1.57 bits per heavy atom. The molecule has 0 aliphatic heterocycles. The first-order chi connectivity index (χ1) is 11.0. The van der Waals surface area contributed by atoms with Crippen molar-refractivity contribution in [1.29, 1.82) is 0 Å². The molecular weight excluding hydrogens is 278 g/mol. The second kappa shape index (κ2) is 6.29. The average molecular weight is 301 g/mol. The van der Waals surface area contributed by atoms with Crippen molar-refractivity contribution in [2.24, 2.45) is 0 Å². The van der Waals surface area contributed by atoms with Crippen LogP contribution in [0.1, 0.15) is 26.3 Å². The molecule has 0 atom stereocenters. The van der Waals surface area contributed by atoms with Gasteiger partial charge in [0.05, 0.1) is 0 Å². The van der Waals surface area contributed by atoms with Crippen LogP contribution in [0.4, 0.5) is 11.4 Å². The van der Waals surface area contributed by atoms with Crippen molar-refractivity contribution in [1.82, 2.24) is 0 Å². The fraction of sp³-hybridized carbons (Fsp3) is 0.182. The number of para-hydroxylation sites is 1. The summed E-state index contributed by atoms with van der Waals surface area (Å²) in [6, 6.07) is 27.7. The molecule has 1 heteroatoms. The minimum absolute atomic E-state index is 0.196. The summed E-state index contributed by atoms with van der Waals surface area (Å²) < 4.78 is 0.